The molecule has 4 rings (SSSR count). The van der Waals surface area contributed by atoms with Crippen molar-refractivity contribution < 1.29 is 10.0 Å². The van der Waals surface area contributed by atoms with E-state index in [1.54, 1.807) is 0 Å². The zero-order chi connectivity index (χ0) is 13.9. The van der Waals surface area contributed by atoms with E-state index in [1.807, 2.05) is 6.21 Å². The van der Waals surface area contributed by atoms with Crippen LogP contribution in [0, 0.1) is 23.2 Å². The number of hydrogen-bond acceptors (Lipinski definition) is 4. The van der Waals surface area contributed by atoms with Gasteiger partial charge >= 0.3 is 0 Å². The van der Waals surface area contributed by atoms with Gasteiger partial charge in [0.1, 0.15) is 5.78 Å². The zero-order valence-corrected chi connectivity index (χ0v) is 12.0. The van der Waals surface area contributed by atoms with E-state index in [0.29, 0.717) is 30.1 Å². The summed E-state index contributed by atoms with van der Waals surface area (Å²) in [7, 11) is 0. The maximum Gasteiger partial charge on any atom is 0.139 e. The highest BCUT2D eigenvalue weighted by molar-refractivity contribution is 5.87. The number of hydrazone groups is 1. The summed E-state index contributed by atoms with van der Waals surface area (Å²) in [6.07, 6.45) is 8.12. The SMILES string of the molecule is C[C@]12CC[C@@H]3C4=C(CC[C@H]3[C@@H]1CCC2=O)CN(O)N=C4. The Morgan fingerprint density at radius 1 is 1.35 bits per heavy atom. The van der Waals surface area contributed by atoms with Crippen LogP contribution in [0.4, 0.5) is 0 Å². The summed E-state index contributed by atoms with van der Waals surface area (Å²) in [4.78, 5) is 12.3. The lowest BCUT2D eigenvalue weighted by Crippen LogP contribution is -2.44. The summed E-state index contributed by atoms with van der Waals surface area (Å²) in [5.74, 6) is 2.29. The number of allylic oxidation sites excluding steroid dienone is 1. The number of carbonyl (C=O) groups is 1. The predicted molar refractivity (Wildman–Crippen MR) is 75.3 cm³/mol. The van der Waals surface area contributed by atoms with Gasteiger partial charge in [-0.05, 0) is 61.0 Å². The van der Waals surface area contributed by atoms with Gasteiger partial charge in [0.15, 0.2) is 0 Å². The van der Waals surface area contributed by atoms with Crippen LogP contribution >= 0.6 is 0 Å². The maximum absolute atomic E-state index is 12.3. The average Bonchev–Trinajstić information content (AvgIpc) is 2.74. The molecule has 2 saturated carbocycles. The molecule has 20 heavy (non-hydrogen) atoms. The van der Waals surface area contributed by atoms with E-state index in [2.05, 4.69) is 12.0 Å². The van der Waals surface area contributed by atoms with Gasteiger partial charge in [0, 0.05) is 11.8 Å². The van der Waals surface area contributed by atoms with E-state index in [0.717, 1.165) is 37.3 Å². The van der Waals surface area contributed by atoms with Crippen LogP contribution in [0.3, 0.4) is 0 Å². The fraction of sp³-hybridized carbons (Fsp3) is 0.750. The lowest BCUT2D eigenvalue weighted by molar-refractivity contribution is -0.129. The second kappa shape index (κ2) is 4.17. The third kappa shape index (κ3) is 1.57. The van der Waals surface area contributed by atoms with Crippen molar-refractivity contribution in [3.05, 3.63) is 11.1 Å². The molecule has 0 spiro atoms. The Bertz CT molecular complexity index is 525. The van der Waals surface area contributed by atoms with E-state index in [9.17, 15) is 10.0 Å². The first-order chi connectivity index (χ1) is 9.59. The van der Waals surface area contributed by atoms with Crippen LogP contribution in [0.25, 0.3) is 0 Å². The van der Waals surface area contributed by atoms with Crippen LogP contribution < -0.4 is 0 Å². The Balaban J connectivity index is 1.67. The van der Waals surface area contributed by atoms with Crippen molar-refractivity contribution in [1.82, 2.24) is 5.17 Å². The van der Waals surface area contributed by atoms with Crippen LogP contribution in [-0.4, -0.2) is 28.9 Å². The van der Waals surface area contributed by atoms with Crippen LogP contribution in [0.15, 0.2) is 16.2 Å². The van der Waals surface area contributed by atoms with E-state index in [-0.39, 0.29) is 5.41 Å². The maximum atomic E-state index is 12.3. The largest absolute Gasteiger partial charge is 0.299 e. The molecular formula is C16H22N2O2. The first kappa shape index (κ1) is 12.6. The molecule has 0 radical (unpaired) electrons. The predicted octanol–water partition coefficient (Wildman–Crippen LogP) is 2.78. The Kier molecular flexibility index (Phi) is 2.62. The molecule has 2 fully saturated rings. The molecule has 3 aliphatic carbocycles. The summed E-state index contributed by atoms with van der Waals surface area (Å²) < 4.78 is 0. The Morgan fingerprint density at radius 2 is 2.20 bits per heavy atom. The van der Waals surface area contributed by atoms with Crippen LogP contribution in [-0.2, 0) is 4.79 Å². The first-order valence-corrected chi connectivity index (χ1v) is 7.85. The molecule has 0 unspecified atom stereocenters. The summed E-state index contributed by atoms with van der Waals surface area (Å²) in [6.45, 7) is 2.77. The highest BCUT2D eigenvalue weighted by Gasteiger charge is 2.54. The second-order valence-corrected chi connectivity index (χ2v) is 7.17. The van der Waals surface area contributed by atoms with Crippen molar-refractivity contribution in [3.8, 4) is 0 Å². The number of fused-ring (bicyclic) bond motifs is 4. The second-order valence-electron chi connectivity index (χ2n) is 7.17. The summed E-state index contributed by atoms with van der Waals surface area (Å²) in [5.41, 5.74) is 2.68. The van der Waals surface area contributed by atoms with Gasteiger partial charge in [0.25, 0.3) is 0 Å². The monoisotopic (exact) mass is 274 g/mol. The van der Waals surface area contributed by atoms with Gasteiger partial charge in [0.2, 0.25) is 0 Å². The molecule has 4 heteroatoms. The van der Waals surface area contributed by atoms with Crippen molar-refractivity contribution in [3.63, 3.8) is 0 Å². The van der Waals surface area contributed by atoms with E-state index in [4.69, 9.17) is 0 Å². The quantitative estimate of drug-likeness (QED) is 0.739. The van der Waals surface area contributed by atoms with Gasteiger partial charge in [-0.2, -0.15) is 10.3 Å². The van der Waals surface area contributed by atoms with Gasteiger partial charge in [-0.1, -0.05) is 6.92 Å². The number of Topliss-reactive ketones (excluding diaryl/α,β-unsaturated/α-hetero) is 1. The van der Waals surface area contributed by atoms with E-state index >= 15 is 0 Å². The minimum Gasteiger partial charge on any atom is -0.299 e. The molecule has 0 aromatic heterocycles. The molecule has 4 aliphatic rings. The van der Waals surface area contributed by atoms with E-state index in [1.165, 1.54) is 17.6 Å². The highest BCUT2D eigenvalue weighted by Crippen LogP contribution is 2.58. The molecule has 4 nitrogen and oxygen atoms in total. The molecular weight excluding hydrogens is 252 g/mol. The van der Waals surface area contributed by atoms with Crippen molar-refractivity contribution in [2.45, 2.75) is 45.4 Å². The first-order valence-electron chi connectivity index (χ1n) is 7.85. The number of ketones is 1. The lowest BCUT2D eigenvalue weighted by atomic mass is 9.55. The highest BCUT2D eigenvalue weighted by atomic mass is 16.5. The van der Waals surface area contributed by atoms with Gasteiger partial charge < -0.3 is 0 Å². The number of hydrogen-bond donors (Lipinski definition) is 1. The molecule has 0 saturated heterocycles. The minimum atomic E-state index is -0.0476. The normalized spacial score (nSPS) is 43.4. The summed E-state index contributed by atoms with van der Waals surface area (Å²) in [6, 6.07) is 0. The average molecular weight is 274 g/mol. The van der Waals surface area contributed by atoms with Crippen molar-refractivity contribution in [2.24, 2.45) is 28.3 Å². The van der Waals surface area contributed by atoms with Crippen LogP contribution in [0.5, 0.6) is 0 Å². The number of carbonyl (C=O) groups excluding carboxylic acids is 1. The van der Waals surface area contributed by atoms with Crippen molar-refractivity contribution in [2.75, 3.05) is 6.54 Å². The van der Waals surface area contributed by atoms with Crippen LogP contribution in [0.1, 0.15) is 45.4 Å². The molecule has 108 valence electrons. The van der Waals surface area contributed by atoms with Gasteiger partial charge in [0.05, 0.1) is 12.8 Å². The third-order valence-electron chi connectivity index (χ3n) is 6.40. The molecule has 0 amide bonds. The summed E-state index contributed by atoms with van der Waals surface area (Å²) in [5, 5.41) is 14.6. The molecule has 1 N–H and O–H groups in total. The van der Waals surface area contributed by atoms with Gasteiger partial charge in [-0.3, -0.25) is 10.0 Å². The lowest BCUT2D eigenvalue weighted by Gasteiger charge is -2.49. The topological polar surface area (TPSA) is 52.9 Å². The standard InChI is InChI=1S/C16H22N2O2/c1-16-7-6-11-12(14(16)4-5-15(16)19)3-2-10-9-18(20)17-8-13(10)11/h8,11-12,14,20H,2-7,9H2,1H3/t11-,12+,14-,16-/m0/s1. The zero-order valence-electron chi connectivity index (χ0n) is 12.0. The summed E-state index contributed by atoms with van der Waals surface area (Å²) >= 11 is 0. The Morgan fingerprint density at radius 3 is 3.05 bits per heavy atom. The number of nitrogens with zero attached hydrogens (tertiary/aromatic N) is 2. The molecule has 1 aliphatic heterocycles. The van der Waals surface area contributed by atoms with Gasteiger partial charge in [-0.15, -0.1) is 0 Å². The minimum absolute atomic E-state index is 0.0476. The number of hydroxylamine groups is 1. The fourth-order valence-electron chi connectivity index (χ4n) is 5.29. The number of rotatable bonds is 0. The van der Waals surface area contributed by atoms with Crippen LogP contribution in [0.2, 0.25) is 0 Å². The fourth-order valence-corrected chi connectivity index (χ4v) is 5.29. The van der Waals surface area contributed by atoms with Crippen molar-refractivity contribution >= 4 is 12.0 Å². The smallest absolute Gasteiger partial charge is 0.139 e. The van der Waals surface area contributed by atoms with Gasteiger partial charge in [-0.25, -0.2) is 0 Å². The molecule has 4 atom stereocenters. The third-order valence-corrected chi connectivity index (χ3v) is 6.40. The Labute approximate surface area is 119 Å². The van der Waals surface area contributed by atoms with Crippen molar-refractivity contribution in [1.29, 1.82) is 0 Å². The molecule has 0 aromatic carbocycles. The molecule has 0 bridgehead atoms. The Hall–Kier alpha value is -1.16. The van der Waals surface area contributed by atoms with E-state index < -0.39 is 0 Å². The molecule has 0 aromatic rings. The molecule has 1 heterocycles.